The first-order chi connectivity index (χ1) is 13.8. The topological polar surface area (TPSA) is 64.2 Å². The summed E-state index contributed by atoms with van der Waals surface area (Å²) in [6, 6.07) is 12.0. The number of ketones is 1. The lowest BCUT2D eigenvalue weighted by atomic mass is 9.93. The van der Waals surface area contributed by atoms with Crippen LogP contribution < -0.4 is 0 Å². The van der Waals surface area contributed by atoms with Crippen molar-refractivity contribution in [2.75, 3.05) is 13.6 Å². The zero-order valence-corrected chi connectivity index (χ0v) is 17.6. The SMILES string of the molecule is CN1CCCn2c(-c3ccccc3)nc(C(=O)Cc3cc(C(C)(C)C)on3)c2C1. The van der Waals surface area contributed by atoms with E-state index in [1.165, 1.54) is 0 Å². The molecule has 1 aromatic carbocycles. The second-order valence-electron chi connectivity index (χ2n) is 8.87. The Bertz CT molecular complexity index is 1010. The molecule has 0 N–H and O–H groups in total. The predicted molar refractivity (Wildman–Crippen MR) is 112 cm³/mol. The number of carbonyl (C=O) groups excluding carboxylic acids is 1. The van der Waals surface area contributed by atoms with E-state index in [1.54, 1.807) is 0 Å². The van der Waals surface area contributed by atoms with Gasteiger partial charge in [0.1, 0.15) is 17.3 Å². The first-order valence-corrected chi connectivity index (χ1v) is 10.2. The van der Waals surface area contributed by atoms with E-state index in [0.29, 0.717) is 17.9 Å². The molecule has 3 aromatic rings. The Hall–Kier alpha value is -2.73. The van der Waals surface area contributed by atoms with Crippen molar-refractivity contribution in [3.63, 3.8) is 0 Å². The Morgan fingerprint density at radius 3 is 2.62 bits per heavy atom. The van der Waals surface area contributed by atoms with E-state index in [9.17, 15) is 4.79 Å². The molecule has 0 unspecified atom stereocenters. The molecule has 0 atom stereocenters. The van der Waals surface area contributed by atoms with Crippen molar-refractivity contribution in [3.8, 4) is 11.4 Å². The Labute approximate surface area is 171 Å². The summed E-state index contributed by atoms with van der Waals surface area (Å²) in [7, 11) is 2.09. The third-order valence-electron chi connectivity index (χ3n) is 5.35. The quantitative estimate of drug-likeness (QED) is 0.626. The van der Waals surface area contributed by atoms with Crippen LogP contribution in [0.15, 0.2) is 40.9 Å². The van der Waals surface area contributed by atoms with Gasteiger partial charge >= 0.3 is 0 Å². The van der Waals surface area contributed by atoms with Gasteiger partial charge in [0.2, 0.25) is 0 Å². The van der Waals surface area contributed by atoms with Gasteiger partial charge in [0, 0.05) is 30.1 Å². The van der Waals surface area contributed by atoms with Gasteiger partial charge in [-0.25, -0.2) is 4.98 Å². The van der Waals surface area contributed by atoms with Gasteiger partial charge < -0.3 is 14.0 Å². The molecule has 0 fully saturated rings. The van der Waals surface area contributed by atoms with Crippen LogP contribution in [0.3, 0.4) is 0 Å². The van der Waals surface area contributed by atoms with Crippen molar-refractivity contribution in [1.82, 2.24) is 19.6 Å². The Morgan fingerprint density at radius 1 is 1.17 bits per heavy atom. The van der Waals surface area contributed by atoms with E-state index in [1.807, 2.05) is 36.4 Å². The van der Waals surface area contributed by atoms with E-state index in [4.69, 9.17) is 9.51 Å². The van der Waals surface area contributed by atoms with Crippen molar-refractivity contribution >= 4 is 5.78 Å². The van der Waals surface area contributed by atoms with Crippen molar-refractivity contribution in [2.45, 2.75) is 52.1 Å². The molecule has 4 rings (SSSR count). The lowest BCUT2D eigenvalue weighted by Crippen LogP contribution is -2.19. The molecule has 1 aliphatic heterocycles. The minimum absolute atomic E-state index is 0.0139. The normalized spacial score (nSPS) is 15.2. The highest BCUT2D eigenvalue weighted by molar-refractivity contribution is 5.97. The van der Waals surface area contributed by atoms with Crippen LogP contribution in [0.2, 0.25) is 0 Å². The molecule has 0 spiro atoms. The van der Waals surface area contributed by atoms with E-state index >= 15 is 0 Å². The van der Waals surface area contributed by atoms with Gasteiger partial charge in [-0.1, -0.05) is 56.3 Å². The molecule has 3 heterocycles. The molecule has 1 aliphatic rings. The zero-order chi connectivity index (χ0) is 20.6. The van der Waals surface area contributed by atoms with Crippen LogP contribution in [0.5, 0.6) is 0 Å². The average molecular weight is 393 g/mol. The van der Waals surface area contributed by atoms with Crippen molar-refractivity contribution in [1.29, 1.82) is 0 Å². The van der Waals surface area contributed by atoms with Crippen LogP contribution >= 0.6 is 0 Å². The number of fused-ring (bicyclic) bond motifs is 1. The smallest absolute Gasteiger partial charge is 0.189 e. The summed E-state index contributed by atoms with van der Waals surface area (Å²) in [6.07, 6.45) is 1.23. The van der Waals surface area contributed by atoms with Crippen LogP contribution in [-0.2, 0) is 24.9 Å². The van der Waals surface area contributed by atoms with Gasteiger partial charge in [0.05, 0.1) is 17.8 Å². The Balaban J connectivity index is 1.70. The molecule has 6 nitrogen and oxygen atoms in total. The van der Waals surface area contributed by atoms with E-state index in [0.717, 1.165) is 42.4 Å². The second kappa shape index (κ2) is 7.59. The molecule has 152 valence electrons. The number of benzene rings is 1. The number of aromatic nitrogens is 3. The minimum Gasteiger partial charge on any atom is -0.361 e. The lowest BCUT2D eigenvalue weighted by Gasteiger charge is -2.13. The molecule has 0 radical (unpaired) electrons. The molecule has 2 aromatic heterocycles. The summed E-state index contributed by atoms with van der Waals surface area (Å²) in [5, 5.41) is 4.12. The van der Waals surface area contributed by atoms with Gasteiger partial charge in [0.25, 0.3) is 0 Å². The number of carbonyl (C=O) groups is 1. The largest absolute Gasteiger partial charge is 0.361 e. The maximum absolute atomic E-state index is 13.2. The van der Waals surface area contributed by atoms with Gasteiger partial charge in [0.15, 0.2) is 5.78 Å². The number of hydrogen-bond donors (Lipinski definition) is 0. The summed E-state index contributed by atoms with van der Waals surface area (Å²) in [6.45, 7) is 8.78. The van der Waals surface area contributed by atoms with Crippen LogP contribution in [0.4, 0.5) is 0 Å². The summed E-state index contributed by atoms with van der Waals surface area (Å²) in [5.41, 5.74) is 3.10. The standard InChI is InChI=1S/C23H28N4O2/c1-23(2,3)20-14-17(25-29-20)13-19(28)21-18-15-26(4)11-8-12-27(18)22(24-21)16-9-6-5-7-10-16/h5-7,9-10,14H,8,11-13,15H2,1-4H3. The maximum Gasteiger partial charge on any atom is 0.189 e. The van der Waals surface area contributed by atoms with Gasteiger partial charge in [-0.2, -0.15) is 0 Å². The Kier molecular flexibility index (Phi) is 5.13. The molecule has 0 amide bonds. The van der Waals surface area contributed by atoms with E-state index in [-0.39, 0.29) is 17.6 Å². The van der Waals surface area contributed by atoms with Crippen molar-refractivity contribution in [2.24, 2.45) is 0 Å². The van der Waals surface area contributed by atoms with E-state index in [2.05, 4.69) is 42.4 Å². The lowest BCUT2D eigenvalue weighted by molar-refractivity contribution is 0.0984. The summed E-state index contributed by atoms with van der Waals surface area (Å²) >= 11 is 0. The second-order valence-corrected chi connectivity index (χ2v) is 8.87. The summed E-state index contributed by atoms with van der Waals surface area (Å²) in [5.74, 6) is 1.64. The fraction of sp³-hybridized carbons (Fsp3) is 0.435. The molecule has 0 saturated heterocycles. The molecule has 0 saturated carbocycles. The first kappa shape index (κ1) is 19.6. The van der Waals surface area contributed by atoms with Gasteiger partial charge in [-0.05, 0) is 20.0 Å². The molecular weight excluding hydrogens is 364 g/mol. The number of imidazole rings is 1. The average Bonchev–Trinajstić information content (AvgIpc) is 3.23. The van der Waals surface area contributed by atoms with E-state index < -0.39 is 0 Å². The van der Waals surface area contributed by atoms with Crippen molar-refractivity contribution in [3.05, 3.63) is 59.2 Å². The number of nitrogens with zero attached hydrogens (tertiary/aromatic N) is 4. The highest BCUT2D eigenvalue weighted by atomic mass is 16.5. The molecular formula is C23H28N4O2. The number of rotatable bonds is 4. The fourth-order valence-electron chi connectivity index (χ4n) is 3.75. The highest BCUT2D eigenvalue weighted by Gasteiger charge is 2.27. The van der Waals surface area contributed by atoms with Crippen LogP contribution in [0, 0.1) is 0 Å². The molecule has 0 bridgehead atoms. The predicted octanol–water partition coefficient (Wildman–Crippen LogP) is 4.10. The van der Waals surface area contributed by atoms with Gasteiger partial charge in [-0.15, -0.1) is 0 Å². The zero-order valence-electron chi connectivity index (χ0n) is 17.6. The maximum atomic E-state index is 13.2. The molecule has 0 aliphatic carbocycles. The van der Waals surface area contributed by atoms with Crippen LogP contribution in [0.1, 0.15) is 54.8 Å². The monoisotopic (exact) mass is 392 g/mol. The Morgan fingerprint density at radius 2 is 1.93 bits per heavy atom. The van der Waals surface area contributed by atoms with Gasteiger partial charge in [-0.3, -0.25) is 4.79 Å². The number of hydrogen-bond acceptors (Lipinski definition) is 5. The minimum atomic E-state index is -0.136. The first-order valence-electron chi connectivity index (χ1n) is 10.2. The highest BCUT2D eigenvalue weighted by Crippen LogP contribution is 2.27. The third-order valence-corrected chi connectivity index (χ3v) is 5.35. The van der Waals surface area contributed by atoms with Crippen LogP contribution in [-0.4, -0.2) is 39.0 Å². The fourth-order valence-corrected chi connectivity index (χ4v) is 3.75. The third kappa shape index (κ3) is 4.03. The summed E-state index contributed by atoms with van der Waals surface area (Å²) in [4.78, 5) is 20.3. The molecule has 6 heteroatoms. The molecule has 29 heavy (non-hydrogen) atoms. The van der Waals surface area contributed by atoms with Crippen LogP contribution in [0.25, 0.3) is 11.4 Å². The number of Topliss-reactive ketones (excluding diaryl/α,β-unsaturated/α-hetero) is 1. The summed E-state index contributed by atoms with van der Waals surface area (Å²) < 4.78 is 7.67. The van der Waals surface area contributed by atoms with Crippen molar-refractivity contribution < 1.29 is 9.32 Å².